The maximum Gasteiger partial charge on any atom is 0.389 e. The molecule has 0 aliphatic carbocycles. The quantitative estimate of drug-likeness (QED) is 0.696. The van der Waals surface area contributed by atoms with Gasteiger partial charge in [0.15, 0.2) is 0 Å². The molecule has 4 heteroatoms. The van der Waals surface area contributed by atoms with Crippen molar-refractivity contribution in [3.63, 3.8) is 0 Å². The summed E-state index contributed by atoms with van der Waals surface area (Å²) in [6, 6.07) is 0.224. The fourth-order valence-electron chi connectivity index (χ4n) is 1.58. The lowest BCUT2D eigenvalue weighted by atomic mass is 9.96. The highest BCUT2D eigenvalue weighted by molar-refractivity contribution is 4.68. The second kappa shape index (κ2) is 7.09. The average molecular weight is 225 g/mol. The van der Waals surface area contributed by atoms with Gasteiger partial charge in [-0.05, 0) is 32.2 Å². The molecule has 0 aromatic carbocycles. The fourth-order valence-corrected chi connectivity index (χ4v) is 1.58. The zero-order chi connectivity index (χ0) is 11.9. The van der Waals surface area contributed by atoms with E-state index in [0.29, 0.717) is 12.3 Å². The Balaban J connectivity index is 3.71. The van der Waals surface area contributed by atoms with Crippen LogP contribution in [-0.4, -0.2) is 19.3 Å². The van der Waals surface area contributed by atoms with Crippen molar-refractivity contribution in [1.82, 2.24) is 5.32 Å². The van der Waals surface area contributed by atoms with Crippen molar-refractivity contribution in [2.24, 2.45) is 5.92 Å². The average Bonchev–Trinajstić information content (AvgIpc) is 2.14. The second-order valence-electron chi connectivity index (χ2n) is 4.24. The number of alkyl halides is 3. The molecule has 2 atom stereocenters. The molecule has 0 aromatic rings. The van der Waals surface area contributed by atoms with Crippen molar-refractivity contribution in [2.45, 2.75) is 58.2 Å². The zero-order valence-corrected chi connectivity index (χ0v) is 9.82. The fraction of sp³-hybridized carbons (Fsp3) is 1.00. The van der Waals surface area contributed by atoms with Crippen molar-refractivity contribution >= 4 is 0 Å². The molecule has 2 unspecified atom stereocenters. The predicted octanol–water partition coefficient (Wildman–Crippen LogP) is 3.74. The van der Waals surface area contributed by atoms with E-state index < -0.39 is 12.6 Å². The van der Waals surface area contributed by atoms with Gasteiger partial charge in [0.25, 0.3) is 0 Å². The Morgan fingerprint density at radius 2 is 1.87 bits per heavy atom. The maximum atomic E-state index is 11.9. The van der Waals surface area contributed by atoms with Crippen LogP contribution in [0.4, 0.5) is 13.2 Å². The van der Waals surface area contributed by atoms with E-state index in [4.69, 9.17) is 0 Å². The van der Waals surface area contributed by atoms with Crippen LogP contribution < -0.4 is 5.32 Å². The normalized spacial score (nSPS) is 16.4. The standard InChI is InChI=1S/C11H22F3N/c1-4-9(2)8-10(15-3)6-5-7-11(12,13)14/h9-10,15H,4-8H2,1-3H3. The second-order valence-corrected chi connectivity index (χ2v) is 4.24. The van der Waals surface area contributed by atoms with Crippen LogP contribution in [0, 0.1) is 5.92 Å². The number of hydrogen-bond acceptors (Lipinski definition) is 1. The Morgan fingerprint density at radius 1 is 1.27 bits per heavy atom. The van der Waals surface area contributed by atoms with Crippen LogP contribution in [0.25, 0.3) is 0 Å². The summed E-state index contributed by atoms with van der Waals surface area (Å²) in [7, 11) is 1.82. The lowest BCUT2D eigenvalue weighted by Crippen LogP contribution is -2.27. The Bertz CT molecular complexity index is 156. The first-order chi connectivity index (χ1) is 6.89. The van der Waals surface area contributed by atoms with Crippen LogP contribution >= 0.6 is 0 Å². The van der Waals surface area contributed by atoms with E-state index in [1.807, 2.05) is 7.05 Å². The molecule has 1 nitrogen and oxygen atoms in total. The van der Waals surface area contributed by atoms with Crippen molar-refractivity contribution in [3.8, 4) is 0 Å². The summed E-state index contributed by atoms with van der Waals surface area (Å²) in [5.41, 5.74) is 0. The van der Waals surface area contributed by atoms with E-state index in [1.54, 1.807) is 0 Å². The van der Waals surface area contributed by atoms with Crippen molar-refractivity contribution in [1.29, 1.82) is 0 Å². The Morgan fingerprint density at radius 3 is 2.27 bits per heavy atom. The highest BCUT2D eigenvalue weighted by Crippen LogP contribution is 2.23. The molecule has 0 saturated heterocycles. The third-order valence-corrected chi connectivity index (χ3v) is 2.80. The first-order valence-corrected chi connectivity index (χ1v) is 5.63. The van der Waals surface area contributed by atoms with Gasteiger partial charge in [0.05, 0.1) is 0 Å². The monoisotopic (exact) mass is 225 g/mol. The van der Waals surface area contributed by atoms with Crippen LogP contribution in [-0.2, 0) is 0 Å². The molecular formula is C11H22F3N. The molecule has 0 aliphatic rings. The van der Waals surface area contributed by atoms with Gasteiger partial charge in [0, 0.05) is 12.5 Å². The molecular weight excluding hydrogens is 203 g/mol. The van der Waals surface area contributed by atoms with Gasteiger partial charge in [-0.15, -0.1) is 0 Å². The molecule has 92 valence electrons. The van der Waals surface area contributed by atoms with E-state index in [0.717, 1.165) is 12.8 Å². The van der Waals surface area contributed by atoms with Crippen LogP contribution in [0.5, 0.6) is 0 Å². The van der Waals surface area contributed by atoms with E-state index in [9.17, 15) is 13.2 Å². The highest BCUT2D eigenvalue weighted by Gasteiger charge is 2.26. The highest BCUT2D eigenvalue weighted by atomic mass is 19.4. The van der Waals surface area contributed by atoms with Crippen LogP contribution in [0.2, 0.25) is 0 Å². The first kappa shape index (κ1) is 14.8. The molecule has 0 spiro atoms. The molecule has 15 heavy (non-hydrogen) atoms. The lowest BCUT2D eigenvalue weighted by molar-refractivity contribution is -0.135. The maximum absolute atomic E-state index is 11.9. The van der Waals surface area contributed by atoms with Crippen LogP contribution in [0.1, 0.15) is 46.0 Å². The summed E-state index contributed by atoms with van der Waals surface area (Å²) < 4.78 is 35.8. The van der Waals surface area contributed by atoms with Gasteiger partial charge in [-0.25, -0.2) is 0 Å². The van der Waals surface area contributed by atoms with Crippen LogP contribution in [0.3, 0.4) is 0 Å². The van der Waals surface area contributed by atoms with Gasteiger partial charge in [0.2, 0.25) is 0 Å². The lowest BCUT2D eigenvalue weighted by Gasteiger charge is -2.19. The largest absolute Gasteiger partial charge is 0.389 e. The van der Waals surface area contributed by atoms with E-state index in [2.05, 4.69) is 19.2 Å². The number of halogens is 3. The van der Waals surface area contributed by atoms with E-state index in [1.165, 1.54) is 0 Å². The third-order valence-electron chi connectivity index (χ3n) is 2.80. The van der Waals surface area contributed by atoms with E-state index >= 15 is 0 Å². The minimum Gasteiger partial charge on any atom is -0.317 e. The third kappa shape index (κ3) is 8.73. The van der Waals surface area contributed by atoms with Gasteiger partial charge >= 0.3 is 6.18 Å². The van der Waals surface area contributed by atoms with Gasteiger partial charge < -0.3 is 5.32 Å². The number of hydrogen-bond donors (Lipinski definition) is 1. The van der Waals surface area contributed by atoms with Gasteiger partial charge in [0.1, 0.15) is 0 Å². The summed E-state index contributed by atoms with van der Waals surface area (Å²) in [5.74, 6) is 0.577. The topological polar surface area (TPSA) is 12.0 Å². The molecule has 0 aromatic heterocycles. The molecule has 0 heterocycles. The van der Waals surface area contributed by atoms with Gasteiger partial charge in [-0.2, -0.15) is 13.2 Å². The smallest absolute Gasteiger partial charge is 0.317 e. The summed E-state index contributed by atoms with van der Waals surface area (Å²) in [6.45, 7) is 4.24. The molecule has 0 aliphatic heterocycles. The van der Waals surface area contributed by atoms with Crippen LogP contribution in [0.15, 0.2) is 0 Å². The van der Waals surface area contributed by atoms with Gasteiger partial charge in [-0.3, -0.25) is 0 Å². The van der Waals surface area contributed by atoms with Crippen molar-refractivity contribution < 1.29 is 13.2 Å². The van der Waals surface area contributed by atoms with Crippen molar-refractivity contribution in [3.05, 3.63) is 0 Å². The minimum absolute atomic E-state index is 0.224. The SMILES string of the molecule is CCC(C)CC(CCCC(F)(F)F)NC. The molecule has 0 bridgehead atoms. The predicted molar refractivity (Wildman–Crippen MR) is 56.8 cm³/mol. The number of nitrogens with one attached hydrogen (secondary N) is 1. The minimum atomic E-state index is -4.01. The summed E-state index contributed by atoms with van der Waals surface area (Å²) in [4.78, 5) is 0. The Kier molecular flexibility index (Phi) is 6.98. The molecule has 0 fully saturated rings. The molecule has 0 amide bonds. The molecule has 0 radical (unpaired) electrons. The Labute approximate surface area is 90.4 Å². The summed E-state index contributed by atoms with van der Waals surface area (Å²) in [5, 5.41) is 3.09. The molecule has 0 rings (SSSR count). The van der Waals surface area contributed by atoms with Crippen molar-refractivity contribution in [2.75, 3.05) is 7.05 Å². The zero-order valence-electron chi connectivity index (χ0n) is 9.82. The first-order valence-electron chi connectivity index (χ1n) is 5.63. The summed E-state index contributed by atoms with van der Waals surface area (Å²) in [6.07, 6.45) is -1.78. The summed E-state index contributed by atoms with van der Waals surface area (Å²) >= 11 is 0. The number of rotatable bonds is 7. The van der Waals surface area contributed by atoms with E-state index in [-0.39, 0.29) is 12.5 Å². The molecule has 0 saturated carbocycles. The Hall–Kier alpha value is -0.250. The molecule has 1 N–H and O–H groups in total. The van der Waals surface area contributed by atoms with Gasteiger partial charge in [-0.1, -0.05) is 20.3 Å².